The first kappa shape index (κ1) is 14.7. The molecule has 98 valence electrons. The van der Waals surface area contributed by atoms with Gasteiger partial charge in [0.1, 0.15) is 0 Å². The molecule has 1 rings (SSSR count). The molecule has 0 unspecified atom stereocenters. The maximum absolute atomic E-state index is 11.7. The molecule has 1 amide bonds. The second kappa shape index (κ2) is 6.57. The first-order chi connectivity index (χ1) is 8.44. The molecule has 2 N–H and O–H groups in total. The van der Waals surface area contributed by atoms with E-state index in [0.717, 1.165) is 5.56 Å². The number of amides is 1. The molecular weight excluding hydrogens is 250 g/mol. The second-order valence-electron chi connectivity index (χ2n) is 4.70. The van der Waals surface area contributed by atoms with E-state index in [1.165, 1.54) is 6.08 Å². The topological polar surface area (TPSA) is 49.3 Å². The summed E-state index contributed by atoms with van der Waals surface area (Å²) in [4.78, 5) is 11.7. The average molecular weight is 268 g/mol. The number of aliphatic hydroxyl groups excluding tert-OH is 1. The van der Waals surface area contributed by atoms with Gasteiger partial charge in [-0.15, -0.1) is 0 Å². The van der Waals surface area contributed by atoms with Crippen LogP contribution in [0.15, 0.2) is 30.3 Å². The first-order valence-corrected chi connectivity index (χ1v) is 6.18. The van der Waals surface area contributed by atoms with Crippen molar-refractivity contribution in [3.63, 3.8) is 0 Å². The summed E-state index contributed by atoms with van der Waals surface area (Å²) >= 11 is 5.97. The highest BCUT2D eigenvalue weighted by molar-refractivity contribution is 6.32. The highest BCUT2D eigenvalue weighted by atomic mass is 35.5. The molecule has 0 aromatic heterocycles. The Hall–Kier alpha value is -1.32. The summed E-state index contributed by atoms with van der Waals surface area (Å²) < 4.78 is 0. The first-order valence-electron chi connectivity index (χ1n) is 5.80. The molecule has 0 aliphatic carbocycles. The van der Waals surface area contributed by atoms with Crippen LogP contribution >= 0.6 is 11.6 Å². The smallest absolute Gasteiger partial charge is 0.244 e. The third-order valence-corrected chi connectivity index (χ3v) is 2.86. The molecule has 0 radical (unpaired) electrons. The van der Waals surface area contributed by atoms with Gasteiger partial charge in [0.2, 0.25) is 5.91 Å². The lowest BCUT2D eigenvalue weighted by atomic mass is 10.0. The standard InChI is InChI=1S/C14H18ClNO2/c1-14(2,9-10-17)16-13(18)8-7-11-5-3-4-6-12(11)15/h3-8,17H,9-10H2,1-2H3,(H,16,18)/b8-7+. The molecule has 0 spiro atoms. The predicted octanol–water partition coefficient (Wildman–Crippen LogP) is 2.63. The van der Waals surface area contributed by atoms with Gasteiger partial charge in [0.25, 0.3) is 0 Å². The lowest BCUT2D eigenvalue weighted by Gasteiger charge is -2.24. The summed E-state index contributed by atoms with van der Waals surface area (Å²) in [5.41, 5.74) is 0.380. The van der Waals surface area contributed by atoms with Gasteiger partial charge in [-0.2, -0.15) is 0 Å². The summed E-state index contributed by atoms with van der Waals surface area (Å²) in [6.45, 7) is 3.77. The number of aliphatic hydroxyl groups is 1. The maximum Gasteiger partial charge on any atom is 0.244 e. The van der Waals surface area contributed by atoms with Gasteiger partial charge in [0, 0.05) is 23.2 Å². The van der Waals surface area contributed by atoms with Gasteiger partial charge >= 0.3 is 0 Å². The van der Waals surface area contributed by atoms with Crippen LogP contribution in [0.1, 0.15) is 25.8 Å². The molecule has 18 heavy (non-hydrogen) atoms. The minimum absolute atomic E-state index is 0.0432. The normalized spacial score (nSPS) is 11.8. The molecule has 0 atom stereocenters. The number of hydrogen-bond acceptors (Lipinski definition) is 2. The van der Waals surface area contributed by atoms with Crippen molar-refractivity contribution in [2.45, 2.75) is 25.8 Å². The Bertz CT molecular complexity index is 441. The Morgan fingerprint density at radius 2 is 2.11 bits per heavy atom. The monoisotopic (exact) mass is 267 g/mol. The lowest BCUT2D eigenvalue weighted by molar-refractivity contribution is -0.118. The van der Waals surface area contributed by atoms with E-state index in [4.69, 9.17) is 16.7 Å². The summed E-state index contributed by atoms with van der Waals surface area (Å²) in [7, 11) is 0. The number of halogens is 1. The second-order valence-corrected chi connectivity index (χ2v) is 5.11. The molecule has 0 saturated heterocycles. The van der Waals surface area contributed by atoms with Crippen LogP contribution in [-0.4, -0.2) is 23.2 Å². The van der Waals surface area contributed by atoms with Gasteiger partial charge in [-0.05, 0) is 38.0 Å². The molecule has 1 aromatic carbocycles. The van der Waals surface area contributed by atoms with E-state index in [2.05, 4.69) is 5.32 Å². The molecule has 0 fully saturated rings. The van der Waals surface area contributed by atoms with Crippen molar-refractivity contribution in [1.82, 2.24) is 5.32 Å². The molecule has 1 aromatic rings. The summed E-state index contributed by atoms with van der Waals surface area (Å²) in [6.07, 6.45) is 3.63. The van der Waals surface area contributed by atoms with E-state index in [9.17, 15) is 4.79 Å². The number of carbonyl (C=O) groups excluding carboxylic acids is 1. The highest BCUT2D eigenvalue weighted by Crippen LogP contribution is 2.16. The summed E-state index contributed by atoms with van der Waals surface area (Å²) in [5, 5.41) is 12.3. The van der Waals surface area contributed by atoms with E-state index in [-0.39, 0.29) is 12.5 Å². The third-order valence-electron chi connectivity index (χ3n) is 2.52. The molecule has 4 heteroatoms. The lowest BCUT2D eigenvalue weighted by Crippen LogP contribution is -2.43. The largest absolute Gasteiger partial charge is 0.396 e. The van der Waals surface area contributed by atoms with Gasteiger partial charge in [0.05, 0.1) is 0 Å². The van der Waals surface area contributed by atoms with Crippen molar-refractivity contribution in [2.24, 2.45) is 0 Å². The molecular formula is C14H18ClNO2. The molecule has 0 saturated carbocycles. The van der Waals surface area contributed by atoms with Crippen LogP contribution in [0.25, 0.3) is 6.08 Å². The molecule has 0 aliphatic heterocycles. The molecule has 0 heterocycles. The zero-order valence-electron chi connectivity index (χ0n) is 10.6. The van der Waals surface area contributed by atoms with Gasteiger partial charge in [0.15, 0.2) is 0 Å². The zero-order valence-corrected chi connectivity index (χ0v) is 11.4. The fraction of sp³-hybridized carbons (Fsp3) is 0.357. The van der Waals surface area contributed by atoms with Crippen LogP contribution in [0.2, 0.25) is 5.02 Å². The van der Waals surface area contributed by atoms with E-state index in [1.807, 2.05) is 32.0 Å². The number of rotatable bonds is 5. The van der Waals surface area contributed by atoms with Crippen LogP contribution in [0.4, 0.5) is 0 Å². The number of nitrogens with one attached hydrogen (secondary N) is 1. The highest BCUT2D eigenvalue weighted by Gasteiger charge is 2.18. The quantitative estimate of drug-likeness (QED) is 0.806. The van der Waals surface area contributed by atoms with E-state index < -0.39 is 5.54 Å². The van der Waals surface area contributed by atoms with Crippen LogP contribution in [0.5, 0.6) is 0 Å². The molecule has 0 bridgehead atoms. The van der Waals surface area contributed by atoms with E-state index >= 15 is 0 Å². The zero-order chi connectivity index (χ0) is 13.6. The Morgan fingerprint density at radius 1 is 1.44 bits per heavy atom. The van der Waals surface area contributed by atoms with Gasteiger partial charge in [-0.25, -0.2) is 0 Å². The SMILES string of the molecule is CC(C)(CCO)NC(=O)/C=C/c1ccccc1Cl. The minimum Gasteiger partial charge on any atom is -0.396 e. The Morgan fingerprint density at radius 3 is 2.72 bits per heavy atom. The Kier molecular flexibility index (Phi) is 5.38. The van der Waals surface area contributed by atoms with Crippen LogP contribution in [-0.2, 0) is 4.79 Å². The van der Waals surface area contributed by atoms with Gasteiger partial charge < -0.3 is 10.4 Å². The minimum atomic E-state index is -0.420. The van der Waals surface area contributed by atoms with Crippen molar-refractivity contribution >= 4 is 23.6 Å². The number of benzene rings is 1. The van der Waals surface area contributed by atoms with Crippen LogP contribution < -0.4 is 5.32 Å². The molecule has 0 aliphatic rings. The fourth-order valence-corrected chi connectivity index (χ4v) is 1.69. The average Bonchev–Trinajstić information content (AvgIpc) is 2.27. The fourth-order valence-electron chi connectivity index (χ4n) is 1.49. The summed E-state index contributed by atoms with van der Waals surface area (Å²) in [6, 6.07) is 7.31. The van der Waals surface area contributed by atoms with Crippen molar-refractivity contribution in [2.75, 3.05) is 6.61 Å². The number of carbonyl (C=O) groups is 1. The van der Waals surface area contributed by atoms with Crippen molar-refractivity contribution < 1.29 is 9.90 Å². The van der Waals surface area contributed by atoms with E-state index in [0.29, 0.717) is 11.4 Å². The maximum atomic E-state index is 11.7. The Labute approximate surface area is 112 Å². The number of hydrogen-bond donors (Lipinski definition) is 2. The Balaban J connectivity index is 2.63. The van der Waals surface area contributed by atoms with Crippen LogP contribution in [0, 0.1) is 0 Å². The van der Waals surface area contributed by atoms with Gasteiger partial charge in [-0.3, -0.25) is 4.79 Å². The van der Waals surface area contributed by atoms with Gasteiger partial charge in [-0.1, -0.05) is 29.8 Å². The molecule has 3 nitrogen and oxygen atoms in total. The van der Waals surface area contributed by atoms with Crippen molar-refractivity contribution in [3.8, 4) is 0 Å². The third kappa shape index (κ3) is 4.90. The predicted molar refractivity (Wildman–Crippen MR) is 74.4 cm³/mol. The summed E-state index contributed by atoms with van der Waals surface area (Å²) in [5.74, 6) is -0.201. The van der Waals surface area contributed by atoms with E-state index in [1.54, 1.807) is 12.1 Å². The van der Waals surface area contributed by atoms with Crippen molar-refractivity contribution in [3.05, 3.63) is 40.9 Å². The van der Waals surface area contributed by atoms with Crippen LogP contribution in [0.3, 0.4) is 0 Å². The van der Waals surface area contributed by atoms with Crippen molar-refractivity contribution in [1.29, 1.82) is 0 Å².